The number of nitrogens with zero attached hydrogens (tertiary/aromatic N) is 2. The van der Waals surface area contributed by atoms with Crippen molar-refractivity contribution in [2.24, 2.45) is 5.92 Å². The number of rotatable bonds is 6. The van der Waals surface area contributed by atoms with Crippen molar-refractivity contribution < 1.29 is 9.59 Å². The van der Waals surface area contributed by atoms with Crippen LogP contribution >= 0.6 is 0 Å². The highest BCUT2D eigenvalue weighted by Gasteiger charge is 2.42. The Morgan fingerprint density at radius 1 is 1.11 bits per heavy atom. The molecule has 2 aliphatic rings. The standard InChI is InChI=1S/C23H32N2O2/c1-5-6-7-13-25-22(26)20(19-11-10-16(2)14-18(19)4)21(23(25)27)24-12-8-9-17(3)15-24/h10-11,14,17H,5-9,12-13,15H2,1-4H3. The molecule has 1 unspecified atom stereocenters. The number of carbonyl (C=O) groups is 2. The Morgan fingerprint density at radius 2 is 1.89 bits per heavy atom. The van der Waals surface area contributed by atoms with Crippen molar-refractivity contribution in [2.45, 2.75) is 59.8 Å². The van der Waals surface area contributed by atoms with Crippen molar-refractivity contribution >= 4 is 17.4 Å². The van der Waals surface area contributed by atoms with Crippen molar-refractivity contribution in [3.8, 4) is 0 Å². The predicted octanol–water partition coefficient (Wildman–Crippen LogP) is 4.31. The molecular weight excluding hydrogens is 336 g/mol. The molecule has 27 heavy (non-hydrogen) atoms. The molecule has 0 radical (unpaired) electrons. The first-order valence-electron chi connectivity index (χ1n) is 10.4. The maximum absolute atomic E-state index is 13.3. The molecule has 1 aromatic rings. The van der Waals surface area contributed by atoms with Crippen LogP contribution in [0.3, 0.4) is 0 Å². The minimum Gasteiger partial charge on any atom is -0.366 e. The van der Waals surface area contributed by atoms with Gasteiger partial charge in [0.05, 0.1) is 5.57 Å². The molecule has 2 aliphatic heterocycles. The highest BCUT2D eigenvalue weighted by molar-refractivity contribution is 6.35. The lowest BCUT2D eigenvalue weighted by atomic mass is 9.95. The summed E-state index contributed by atoms with van der Waals surface area (Å²) in [5.41, 5.74) is 4.38. The molecule has 0 N–H and O–H groups in total. The third kappa shape index (κ3) is 3.95. The summed E-state index contributed by atoms with van der Waals surface area (Å²) in [7, 11) is 0. The van der Waals surface area contributed by atoms with E-state index < -0.39 is 0 Å². The normalized spacial score (nSPS) is 20.8. The summed E-state index contributed by atoms with van der Waals surface area (Å²) in [6.07, 6.45) is 5.24. The van der Waals surface area contributed by atoms with Crippen molar-refractivity contribution in [3.63, 3.8) is 0 Å². The van der Waals surface area contributed by atoms with Crippen LogP contribution in [0.1, 0.15) is 62.6 Å². The Morgan fingerprint density at radius 3 is 2.56 bits per heavy atom. The average Bonchev–Trinajstić information content (AvgIpc) is 2.86. The minimum absolute atomic E-state index is 0.0971. The molecule has 146 valence electrons. The first-order chi connectivity index (χ1) is 12.9. The zero-order chi connectivity index (χ0) is 19.6. The van der Waals surface area contributed by atoms with Gasteiger partial charge in [0.15, 0.2) is 0 Å². The topological polar surface area (TPSA) is 40.6 Å². The number of unbranched alkanes of at least 4 members (excludes halogenated alkanes) is 2. The van der Waals surface area contributed by atoms with Crippen molar-refractivity contribution in [1.29, 1.82) is 0 Å². The molecule has 0 spiro atoms. The largest absolute Gasteiger partial charge is 0.366 e. The fourth-order valence-corrected chi connectivity index (χ4v) is 4.31. The van der Waals surface area contributed by atoms with E-state index >= 15 is 0 Å². The van der Waals surface area contributed by atoms with Gasteiger partial charge in [0, 0.05) is 19.6 Å². The smallest absolute Gasteiger partial charge is 0.277 e. The van der Waals surface area contributed by atoms with Crippen LogP contribution in [0.4, 0.5) is 0 Å². The molecule has 2 heterocycles. The number of piperidine rings is 1. The summed E-state index contributed by atoms with van der Waals surface area (Å²) in [6.45, 7) is 10.7. The number of hydrogen-bond donors (Lipinski definition) is 0. The lowest BCUT2D eigenvalue weighted by molar-refractivity contribution is -0.137. The minimum atomic E-state index is -0.115. The number of hydrogen-bond acceptors (Lipinski definition) is 3. The van der Waals surface area contributed by atoms with Crippen LogP contribution < -0.4 is 0 Å². The summed E-state index contributed by atoms with van der Waals surface area (Å²) >= 11 is 0. The molecule has 0 aliphatic carbocycles. The third-order valence-corrected chi connectivity index (χ3v) is 5.75. The Kier molecular flexibility index (Phi) is 6.03. The Labute approximate surface area is 163 Å². The van der Waals surface area contributed by atoms with Gasteiger partial charge < -0.3 is 4.90 Å². The molecule has 0 aromatic heterocycles. The van der Waals surface area contributed by atoms with Gasteiger partial charge in [0.1, 0.15) is 5.70 Å². The molecule has 1 saturated heterocycles. The first kappa shape index (κ1) is 19.7. The van der Waals surface area contributed by atoms with Crippen molar-refractivity contribution in [3.05, 3.63) is 40.6 Å². The maximum Gasteiger partial charge on any atom is 0.277 e. The van der Waals surface area contributed by atoms with Gasteiger partial charge in [0.2, 0.25) is 0 Å². The molecule has 4 heteroatoms. The summed E-state index contributed by atoms with van der Waals surface area (Å²) in [5, 5.41) is 0. The number of aryl methyl sites for hydroxylation is 2. The number of imide groups is 1. The van der Waals surface area contributed by atoms with Gasteiger partial charge in [-0.2, -0.15) is 0 Å². The van der Waals surface area contributed by atoms with Gasteiger partial charge in [-0.1, -0.05) is 50.5 Å². The van der Waals surface area contributed by atoms with Gasteiger partial charge in [-0.25, -0.2) is 0 Å². The second kappa shape index (κ2) is 8.28. The Bertz CT molecular complexity index is 766. The van der Waals surface area contributed by atoms with Crippen LogP contribution in [0.2, 0.25) is 0 Å². The number of likely N-dealkylation sites (tertiary alicyclic amines) is 1. The Balaban J connectivity index is 2.03. The lowest BCUT2D eigenvalue weighted by Gasteiger charge is -2.33. The quantitative estimate of drug-likeness (QED) is 0.555. The third-order valence-electron chi connectivity index (χ3n) is 5.75. The molecule has 2 amide bonds. The van der Waals surface area contributed by atoms with Crippen molar-refractivity contribution in [1.82, 2.24) is 9.80 Å². The summed E-state index contributed by atoms with van der Waals surface area (Å²) in [5.74, 6) is 0.333. The highest BCUT2D eigenvalue weighted by Crippen LogP contribution is 2.35. The number of benzene rings is 1. The monoisotopic (exact) mass is 368 g/mol. The summed E-state index contributed by atoms with van der Waals surface area (Å²) in [6, 6.07) is 6.13. The van der Waals surface area contributed by atoms with E-state index in [1.54, 1.807) is 0 Å². The van der Waals surface area contributed by atoms with E-state index in [4.69, 9.17) is 0 Å². The molecule has 1 atom stereocenters. The predicted molar refractivity (Wildman–Crippen MR) is 109 cm³/mol. The SMILES string of the molecule is CCCCCN1C(=O)C(c2ccc(C)cc2C)=C(N2CCCC(C)C2)C1=O. The average molecular weight is 369 g/mol. The first-order valence-corrected chi connectivity index (χ1v) is 10.4. The van der Waals surface area contributed by atoms with Gasteiger partial charge >= 0.3 is 0 Å². The molecule has 0 saturated carbocycles. The van der Waals surface area contributed by atoms with Gasteiger partial charge in [-0.15, -0.1) is 0 Å². The van der Waals surface area contributed by atoms with E-state index in [1.807, 2.05) is 19.1 Å². The molecule has 0 bridgehead atoms. The molecule has 4 nitrogen and oxygen atoms in total. The molecule has 1 fully saturated rings. The van der Waals surface area contributed by atoms with Crippen LogP contribution in [-0.4, -0.2) is 41.2 Å². The van der Waals surface area contributed by atoms with Crippen molar-refractivity contribution in [2.75, 3.05) is 19.6 Å². The van der Waals surface area contributed by atoms with Crippen LogP contribution in [-0.2, 0) is 9.59 Å². The van der Waals surface area contributed by atoms with Gasteiger partial charge in [-0.05, 0) is 50.2 Å². The lowest BCUT2D eigenvalue weighted by Crippen LogP contribution is -2.39. The van der Waals surface area contributed by atoms with Crippen LogP contribution in [0.25, 0.3) is 5.57 Å². The van der Waals surface area contributed by atoms with Gasteiger partial charge in [0.25, 0.3) is 11.8 Å². The fourth-order valence-electron chi connectivity index (χ4n) is 4.31. The van der Waals surface area contributed by atoms with E-state index in [2.05, 4.69) is 31.7 Å². The second-order valence-electron chi connectivity index (χ2n) is 8.20. The fraction of sp³-hybridized carbons (Fsp3) is 0.565. The van der Waals surface area contributed by atoms with E-state index in [1.165, 1.54) is 16.9 Å². The van der Waals surface area contributed by atoms with E-state index in [0.29, 0.717) is 23.7 Å². The molecule has 3 rings (SSSR count). The van der Waals surface area contributed by atoms with Gasteiger partial charge in [-0.3, -0.25) is 14.5 Å². The highest BCUT2D eigenvalue weighted by atomic mass is 16.2. The molecule has 1 aromatic carbocycles. The second-order valence-corrected chi connectivity index (χ2v) is 8.20. The van der Waals surface area contributed by atoms with E-state index in [0.717, 1.165) is 49.9 Å². The van der Waals surface area contributed by atoms with E-state index in [-0.39, 0.29) is 11.8 Å². The molecular formula is C23H32N2O2. The maximum atomic E-state index is 13.3. The van der Waals surface area contributed by atoms with E-state index in [9.17, 15) is 9.59 Å². The summed E-state index contributed by atoms with van der Waals surface area (Å²) in [4.78, 5) is 30.2. The number of amides is 2. The van der Waals surface area contributed by atoms with Crippen LogP contribution in [0, 0.1) is 19.8 Å². The Hall–Kier alpha value is -2.10. The number of carbonyl (C=O) groups excluding carboxylic acids is 2. The zero-order valence-electron chi connectivity index (χ0n) is 17.2. The van der Waals surface area contributed by atoms with Crippen LogP contribution in [0.5, 0.6) is 0 Å². The summed E-state index contributed by atoms with van der Waals surface area (Å²) < 4.78 is 0. The van der Waals surface area contributed by atoms with Crippen LogP contribution in [0.15, 0.2) is 23.9 Å². The zero-order valence-corrected chi connectivity index (χ0v) is 17.2.